The Morgan fingerprint density at radius 1 is 1.24 bits per heavy atom. The van der Waals surface area contributed by atoms with E-state index in [2.05, 4.69) is 27.3 Å². The third-order valence-corrected chi connectivity index (χ3v) is 3.27. The number of nitrogens with zero attached hydrogens (tertiary/aromatic N) is 1. The van der Waals surface area contributed by atoms with Crippen molar-refractivity contribution in [3.05, 3.63) is 58.6 Å². The fourth-order valence-corrected chi connectivity index (χ4v) is 2.12. The van der Waals surface area contributed by atoms with Gasteiger partial charge in [0.05, 0.1) is 11.6 Å². The second-order valence-electron chi connectivity index (χ2n) is 4.50. The summed E-state index contributed by atoms with van der Waals surface area (Å²) in [6.45, 7) is 0.546. The average Bonchev–Trinajstić information content (AvgIpc) is 2.51. The van der Waals surface area contributed by atoms with E-state index in [1.54, 1.807) is 18.2 Å². The molecule has 0 spiro atoms. The van der Waals surface area contributed by atoms with E-state index in [0.717, 1.165) is 10.2 Å². The molecule has 1 atom stereocenters. The van der Waals surface area contributed by atoms with Crippen LogP contribution >= 0.6 is 15.9 Å². The lowest BCUT2D eigenvalue weighted by molar-refractivity contribution is 0.117. The first-order chi connectivity index (χ1) is 10.2. The standard InChI is InChI=1S/C16H15BrN2O2/c17-13-4-2-6-16(8-13)21-11-15(20)10-19-14-5-1-3-12(7-14)9-18/h1-8,15,19-20H,10-11H2. The highest BCUT2D eigenvalue weighted by molar-refractivity contribution is 9.10. The van der Waals surface area contributed by atoms with Crippen molar-refractivity contribution < 1.29 is 9.84 Å². The number of ether oxygens (including phenoxy) is 1. The van der Waals surface area contributed by atoms with Crippen molar-refractivity contribution in [3.8, 4) is 11.8 Å². The van der Waals surface area contributed by atoms with Crippen molar-refractivity contribution in [1.82, 2.24) is 0 Å². The van der Waals surface area contributed by atoms with Crippen LogP contribution in [0.3, 0.4) is 0 Å². The number of rotatable bonds is 6. The Labute approximate surface area is 132 Å². The van der Waals surface area contributed by atoms with Gasteiger partial charge in [0.1, 0.15) is 18.5 Å². The quantitative estimate of drug-likeness (QED) is 0.842. The average molecular weight is 347 g/mol. The van der Waals surface area contributed by atoms with E-state index in [-0.39, 0.29) is 6.61 Å². The van der Waals surface area contributed by atoms with E-state index >= 15 is 0 Å². The molecule has 4 nitrogen and oxygen atoms in total. The molecule has 2 aromatic rings. The van der Waals surface area contributed by atoms with Gasteiger partial charge in [-0.2, -0.15) is 5.26 Å². The topological polar surface area (TPSA) is 65.3 Å². The summed E-state index contributed by atoms with van der Waals surface area (Å²) in [7, 11) is 0. The maximum Gasteiger partial charge on any atom is 0.120 e. The zero-order valence-electron chi connectivity index (χ0n) is 11.3. The molecule has 2 aromatic carbocycles. The van der Waals surface area contributed by atoms with Crippen molar-refractivity contribution in [2.24, 2.45) is 0 Å². The van der Waals surface area contributed by atoms with Crippen LogP contribution < -0.4 is 10.1 Å². The van der Waals surface area contributed by atoms with Gasteiger partial charge in [-0.25, -0.2) is 0 Å². The summed E-state index contributed by atoms with van der Waals surface area (Å²) in [4.78, 5) is 0. The summed E-state index contributed by atoms with van der Waals surface area (Å²) in [6, 6.07) is 16.7. The van der Waals surface area contributed by atoms with Crippen LogP contribution in [0.25, 0.3) is 0 Å². The summed E-state index contributed by atoms with van der Waals surface area (Å²) in [5.41, 5.74) is 1.38. The first kappa shape index (κ1) is 15.4. The second-order valence-corrected chi connectivity index (χ2v) is 5.41. The minimum Gasteiger partial charge on any atom is -0.491 e. The van der Waals surface area contributed by atoms with E-state index in [1.165, 1.54) is 0 Å². The molecule has 2 N–H and O–H groups in total. The van der Waals surface area contributed by atoms with E-state index < -0.39 is 6.10 Å². The molecule has 0 aliphatic carbocycles. The van der Waals surface area contributed by atoms with Gasteiger partial charge in [-0.3, -0.25) is 0 Å². The highest BCUT2D eigenvalue weighted by Crippen LogP contribution is 2.18. The van der Waals surface area contributed by atoms with Crippen LogP contribution in [0.2, 0.25) is 0 Å². The Bertz CT molecular complexity index is 640. The summed E-state index contributed by atoms with van der Waals surface area (Å²) < 4.78 is 6.44. The number of nitriles is 1. The number of hydrogen-bond acceptors (Lipinski definition) is 4. The molecule has 21 heavy (non-hydrogen) atoms. The predicted molar refractivity (Wildman–Crippen MR) is 85.3 cm³/mol. The maximum absolute atomic E-state index is 9.90. The van der Waals surface area contributed by atoms with Crippen LogP contribution in [0.15, 0.2) is 53.0 Å². The van der Waals surface area contributed by atoms with Gasteiger partial charge in [0.15, 0.2) is 0 Å². The van der Waals surface area contributed by atoms with Crippen LogP contribution in [-0.4, -0.2) is 24.4 Å². The van der Waals surface area contributed by atoms with Crippen molar-refractivity contribution in [1.29, 1.82) is 5.26 Å². The Kier molecular flexibility index (Phi) is 5.61. The Morgan fingerprint density at radius 2 is 2.05 bits per heavy atom. The lowest BCUT2D eigenvalue weighted by Crippen LogP contribution is -2.26. The molecule has 0 radical (unpaired) electrons. The van der Waals surface area contributed by atoms with Crippen molar-refractivity contribution in [2.45, 2.75) is 6.10 Å². The smallest absolute Gasteiger partial charge is 0.120 e. The summed E-state index contributed by atoms with van der Waals surface area (Å²) >= 11 is 3.36. The van der Waals surface area contributed by atoms with E-state index in [0.29, 0.717) is 17.9 Å². The second kappa shape index (κ2) is 7.67. The zero-order chi connectivity index (χ0) is 15.1. The first-order valence-electron chi connectivity index (χ1n) is 6.48. The van der Waals surface area contributed by atoms with E-state index in [9.17, 15) is 5.11 Å². The zero-order valence-corrected chi connectivity index (χ0v) is 12.9. The number of nitrogens with one attached hydrogen (secondary N) is 1. The van der Waals surface area contributed by atoms with Gasteiger partial charge in [0, 0.05) is 16.7 Å². The van der Waals surface area contributed by atoms with Crippen LogP contribution in [0.1, 0.15) is 5.56 Å². The minimum atomic E-state index is -0.644. The Hall–Kier alpha value is -2.03. The normalized spacial score (nSPS) is 11.5. The summed E-state index contributed by atoms with van der Waals surface area (Å²) in [5, 5.41) is 21.8. The molecule has 0 bridgehead atoms. The highest BCUT2D eigenvalue weighted by atomic mass is 79.9. The molecule has 0 aliphatic heterocycles. The van der Waals surface area contributed by atoms with E-state index in [4.69, 9.17) is 10.00 Å². The number of aliphatic hydroxyl groups is 1. The molecular weight excluding hydrogens is 332 g/mol. The highest BCUT2D eigenvalue weighted by Gasteiger charge is 2.06. The van der Waals surface area contributed by atoms with Gasteiger partial charge < -0.3 is 15.2 Å². The van der Waals surface area contributed by atoms with Gasteiger partial charge in [-0.15, -0.1) is 0 Å². The van der Waals surface area contributed by atoms with Gasteiger partial charge in [-0.05, 0) is 36.4 Å². The molecule has 0 fully saturated rings. The van der Waals surface area contributed by atoms with Crippen molar-refractivity contribution in [3.63, 3.8) is 0 Å². The molecule has 0 aromatic heterocycles. The van der Waals surface area contributed by atoms with Crippen LogP contribution in [0, 0.1) is 11.3 Å². The monoisotopic (exact) mass is 346 g/mol. The van der Waals surface area contributed by atoms with Crippen molar-refractivity contribution >= 4 is 21.6 Å². The van der Waals surface area contributed by atoms with Gasteiger partial charge in [-0.1, -0.05) is 28.1 Å². The third kappa shape index (κ3) is 5.10. The Balaban J connectivity index is 1.79. The first-order valence-corrected chi connectivity index (χ1v) is 7.27. The largest absolute Gasteiger partial charge is 0.491 e. The summed E-state index contributed by atoms with van der Waals surface area (Å²) in [5.74, 6) is 0.704. The number of anilines is 1. The van der Waals surface area contributed by atoms with Crippen LogP contribution in [-0.2, 0) is 0 Å². The molecule has 0 aliphatic rings. The lowest BCUT2D eigenvalue weighted by Gasteiger charge is -2.14. The fourth-order valence-electron chi connectivity index (χ4n) is 1.74. The molecule has 0 amide bonds. The van der Waals surface area contributed by atoms with Gasteiger partial charge in [0.25, 0.3) is 0 Å². The number of benzene rings is 2. The lowest BCUT2D eigenvalue weighted by atomic mass is 10.2. The fraction of sp³-hybridized carbons (Fsp3) is 0.188. The van der Waals surface area contributed by atoms with Gasteiger partial charge >= 0.3 is 0 Å². The molecule has 1 unspecified atom stereocenters. The molecule has 5 heteroatoms. The van der Waals surface area contributed by atoms with E-state index in [1.807, 2.05) is 30.3 Å². The van der Waals surface area contributed by atoms with Crippen molar-refractivity contribution in [2.75, 3.05) is 18.5 Å². The molecule has 2 rings (SSSR count). The molecular formula is C16H15BrN2O2. The SMILES string of the molecule is N#Cc1cccc(NCC(O)COc2cccc(Br)c2)c1. The van der Waals surface area contributed by atoms with Crippen LogP contribution in [0.4, 0.5) is 5.69 Å². The predicted octanol–water partition coefficient (Wildman–Crippen LogP) is 3.17. The summed E-state index contributed by atoms with van der Waals surface area (Å²) in [6.07, 6.45) is -0.644. The number of hydrogen-bond donors (Lipinski definition) is 2. The number of halogens is 1. The maximum atomic E-state index is 9.90. The molecule has 0 saturated heterocycles. The third-order valence-electron chi connectivity index (χ3n) is 2.77. The molecule has 108 valence electrons. The molecule has 0 saturated carbocycles. The number of aliphatic hydroxyl groups excluding tert-OH is 1. The Morgan fingerprint density at radius 3 is 2.81 bits per heavy atom. The van der Waals surface area contributed by atoms with Gasteiger partial charge in [0.2, 0.25) is 0 Å². The minimum absolute atomic E-state index is 0.196. The molecule has 0 heterocycles. The van der Waals surface area contributed by atoms with Crippen LogP contribution in [0.5, 0.6) is 5.75 Å².